The van der Waals surface area contributed by atoms with Gasteiger partial charge in [0, 0.05) is 5.57 Å². The van der Waals surface area contributed by atoms with Crippen LogP contribution in [-0.2, 0) is 9.53 Å². The minimum atomic E-state index is -0.260. The van der Waals surface area contributed by atoms with E-state index in [2.05, 4.69) is 6.58 Å². The van der Waals surface area contributed by atoms with Crippen LogP contribution in [0.4, 0.5) is 0 Å². The Balaban J connectivity index is 3.05. The van der Waals surface area contributed by atoms with Gasteiger partial charge in [-0.3, -0.25) is 0 Å². The smallest absolute Gasteiger partial charge is 0.333 e. The Hall–Kier alpha value is -0.830. The van der Waals surface area contributed by atoms with Gasteiger partial charge in [0.25, 0.3) is 0 Å². The van der Waals surface area contributed by atoms with Crippen molar-refractivity contribution in [3.63, 3.8) is 0 Å². The Bertz CT molecular complexity index is 289. The molecule has 3 nitrogen and oxygen atoms in total. The zero-order valence-electron chi connectivity index (χ0n) is 15.4. The van der Waals surface area contributed by atoms with E-state index in [1.807, 2.05) is 0 Å². The number of carbonyl (C=O) groups excluding carboxylic acids is 1. The van der Waals surface area contributed by atoms with E-state index in [1.165, 1.54) is 77.0 Å². The molecule has 0 aromatic carbocycles. The lowest BCUT2D eigenvalue weighted by Crippen LogP contribution is -2.05. The van der Waals surface area contributed by atoms with Crippen molar-refractivity contribution in [3.05, 3.63) is 12.2 Å². The van der Waals surface area contributed by atoms with Crippen LogP contribution in [0.25, 0.3) is 0 Å². The van der Waals surface area contributed by atoms with Crippen LogP contribution in [0.15, 0.2) is 12.2 Å². The van der Waals surface area contributed by atoms with E-state index in [-0.39, 0.29) is 5.97 Å². The SMILES string of the molecule is C=C(C)C(=O)OCCCCCCCCCCCCCCCCN. The van der Waals surface area contributed by atoms with Gasteiger partial charge in [-0.1, -0.05) is 83.6 Å². The van der Waals surface area contributed by atoms with Gasteiger partial charge in [-0.2, -0.15) is 0 Å². The number of hydrogen-bond donors (Lipinski definition) is 1. The molecule has 2 N–H and O–H groups in total. The lowest BCUT2D eigenvalue weighted by Gasteiger charge is -2.05. The maximum atomic E-state index is 11.2. The van der Waals surface area contributed by atoms with Crippen LogP contribution in [0.5, 0.6) is 0 Å². The fourth-order valence-electron chi connectivity index (χ4n) is 2.66. The number of rotatable bonds is 17. The first-order valence-electron chi connectivity index (χ1n) is 9.71. The summed E-state index contributed by atoms with van der Waals surface area (Å²) < 4.78 is 5.07. The van der Waals surface area contributed by atoms with E-state index in [1.54, 1.807) is 6.92 Å². The number of ether oxygens (including phenoxy) is 1. The zero-order valence-corrected chi connectivity index (χ0v) is 15.4. The Labute approximate surface area is 144 Å². The average molecular weight is 326 g/mol. The van der Waals surface area contributed by atoms with Crippen molar-refractivity contribution in [1.29, 1.82) is 0 Å². The zero-order chi connectivity index (χ0) is 17.2. The van der Waals surface area contributed by atoms with Crippen molar-refractivity contribution >= 4 is 5.97 Å². The van der Waals surface area contributed by atoms with E-state index in [4.69, 9.17) is 10.5 Å². The first-order valence-corrected chi connectivity index (χ1v) is 9.71. The molecule has 0 radical (unpaired) electrons. The van der Waals surface area contributed by atoms with Crippen molar-refractivity contribution in [2.24, 2.45) is 5.73 Å². The number of hydrogen-bond acceptors (Lipinski definition) is 3. The molecule has 0 heterocycles. The van der Waals surface area contributed by atoms with Crippen molar-refractivity contribution in [2.75, 3.05) is 13.2 Å². The Morgan fingerprint density at radius 1 is 0.739 bits per heavy atom. The predicted octanol–water partition coefficient (Wildman–Crippen LogP) is 5.53. The molecule has 0 saturated heterocycles. The second-order valence-corrected chi connectivity index (χ2v) is 6.65. The standard InChI is InChI=1S/C20H39NO2/c1-19(2)20(22)23-18-16-14-12-10-8-6-4-3-5-7-9-11-13-15-17-21/h1,3-18,21H2,2H3. The van der Waals surface area contributed by atoms with Gasteiger partial charge in [-0.05, 0) is 26.3 Å². The monoisotopic (exact) mass is 325 g/mol. The van der Waals surface area contributed by atoms with Crippen LogP contribution in [0.2, 0.25) is 0 Å². The van der Waals surface area contributed by atoms with Crippen LogP contribution in [-0.4, -0.2) is 19.1 Å². The summed E-state index contributed by atoms with van der Waals surface area (Å²) in [6.07, 6.45) is 18.2. The number of esters is 1. The summed E-state index contributed by atoms with van der Waals surface area (Å²) >= 11 is 0. The third-order valence-electron chi connectivity index (χ3n) is 4.18. The lowest BCUT2D eigenvalue weighted by atomic mass is 10.0. The normalized spacial score (nSPS) is 10.7. The molecule has 0 aromatic rings. The predicted molar refractivity (Wildman–Crippen MR) is 99.5 cm³/mol. The van der Waals surface area contributed by atoms with E-state index in [0.29, 0.717) is 12.2 Å². The van der Waals surface area contributed by atoms with Gasteiger partial charge in [0.05, 0.1) is 6.61 Å². The molecule has 0 bridgehead atoms. The average Bonchev–Trinajstić information content (AvgIpc) is 2.54. The van der Waals surface area contributed by atoms with Gasteiger partial charge in [0.1, 0.15) is 0 Å². The van der Waals surface area contributed by atoms with Gasteiger partial charge in [0.2, 0.25) is 0 Å². The summed E-state index contributed by atoms with van der Waals surface area (Å²) in [5.41, 5.74) is 5.97. The molecule has 0 aliphatic heterocycles. The molecule has 0 aliphatic rings. The third-order valence-corrected chi connectivity index (χ3v) is 4.18. The van der Waals surface area contributed by atoms with E-state index in [9.17, 15) is 4.79 Å². The second-order valence-electron chi connectivity index (χ2n) is 6.65. The maximum Gasteiger partial charge on any atom is 0.333 e. The highest BCUT2D eigenvalue weighted by atomic mass is 16.5. The number of nitrogens with two attached hydrogens (primary N) is 1. The van der Waals surface area contributed by atoms with Crippen LogP contribution in [0.1, 0.15) is 96.8 Å². The number of unbranched alkanes of at least 4 members (excludes halogenated alkanes) is 13. The van der Waals surface area contributed by atoms with Crippen molar-refractivity contribution in [2.45, 2.75) is 96.8 Å². The third kappa shape index (κ3) is 17.4. The fraction of sp³-hybridized carbons (Fsp3) is 0.850. The second kappa shape index (κ2) is 17.5. The molecule has 0 amide bonds. The molecular formula is C20H39NO2. The highest BCUT2D eigenvalue weighted by molar-refractivity contribution is 5.86. The van der Waals surface area contributed by atoms with Crippen LogP contribution in [0.3, 0.4) is 0 Å². The molecule has 0 saturated carbocycles. The summed E-state index contributed by atoms with van der Waals surface area (Å²) in [4.78, 5) is 11.2. The lowest BCUT2D eigenvalue weighted by molar-refractivity contribution is -0.139. The van der Waals surface area contributed by atoms with Crippen molar-refractivity contribution in [3.8, 4) is 0 Å². The highest BCUT2D eigenvalue weighted by Crippen LogP contribution is 2.12. The molecular weight excluding hydrogens is 286 g/mol. The first kappa shape index (κ1) is 22.2. The fourth-order valence-corrected chi connectivity index (χ4v) is 2.66. The Morgan fingerprint density at radius 2 is 1.09 bits per heavy atom. The minimum absolute atomic E-state index is 0.260. The molecule has 0 fully saturated rings. The summed E-state index contributed by atoms with van der Waals surface area (Å²) in [7, 11) is 0. The Kier molecular flexibility index (Phi) is 16.9. The molecule has 0 atom stereocenters. The molecule has 136 valence electrons. The summed E-state index contributed by atoms with van der Waals surface area (Å²) in [5, 5.41) is 0. The molecule has 23 heavy (non-hydrogen) atoms. The van der Waals surface area contributed by atoms with Crippen LogP contribution < -0.4 is 5.73 Å². The first-order chi connectivity index (χ1) is 11.2. The molecule has 0 spiro atoms. The van der Waals surface area contributed by atoms with E-state index < -0.39 is 0 Å². The van der Waals surface area contributed by atoms with Crippen LogP contribution in [0, 0.1) is 0 Å². The largest absolute Gasteiger partial charge is 0.462 e. The van der Waals surface area contributed by atoms with E-state index in [0.717, 1.165) is 19.4 Å². The molecule has 3 heteroatoms. The van der Waals surface area contributed by atoms with Crippen molar-refractivity contribution < 1.29 is 9.53 Å². The quantitative estimate of drug-likeness (QED) is 0.217. The summed E-state index contributed by atoms with van der Waals surface area (Å²) in [6, 6.07) is 0. The van der Waals surface area contributed by atoms with Crippen molar-refractivity contribution in [1.82, 2.24) is 0 Å². The van der Waals surface area contributed by atoms with Gasteiger partial charge < -0.3 is 10.5 Å². The topological polar surface area (TPSA) is 52.3 Å². The summed E-state index contributed by atoms with van der Waals surface area (Å²) in [5.74, 6) is -0.260. The summed E-state index contributed by atoms with van der Waals surface area (Å²) in [6.45, 7) is 6.64. The number of carbonyl (C=O) groups is 1. The van der Waals surface area contributed by atoms with Gasteiger partial charge in [-0.25, -0.2) is 4.79 Å². The Morgan fingerprint density at radius 3 is 1.43 bits per heavy atom. The highest BCUT2D eigenvalue weighted by Gasteiger charge is 2.01. The molecule has 0 aliphatic carbocycles. The van der Waals surface area contributed by atoms with Gasteiger partial charge >= 0.3 is 5.97 Å². The van der Waals surface area contributed by atoms with Gasteiger partial charge in [0.15, 0.2) is 0 Å². The van der Waals surface area contributed by atoms with Crippen LogP contribution >= 0.6 is 0 Å². The molecule has 0 unspecified atom stereocenters. The maximum absolute atomic E-state index is 11.2. The molecule has 0 aromatic heterocycles. The van der Waals surface area contributed by atoms with E-state index >= 15 is 0 Å². The molecule has 0 rings (SSSR count). The van der Waals surface area contributed by atoms with Gasteiger partial charge in [-0.15, -0.1) is 0 Å². The minimum Gasteiger partial charge on any atom is -0.462 e.